The normalized spacial score (nSPS) is 17.3. The van der Waals surface area contributed by atoms with Crippen LogP contribution in [0.1, 0.15) is 28.8 Å². The lowest BCUT2D eigenvalue weighted by molar-refractivity contribution is 0.0930. The number of ether oxygens (including phenoxy) is 1. The van der Waals surface area contributed by atoms with Crippen LogP contribution in [0.5, 0.6) is 5.75 Å². The Balaban J connectivity index is 1.58. The highest BCUT2D eigenvalue weighted by Crippen LogP contribution is 2.17. The molecule has 1 aliphatic heterocycles. The summed E-state index contributed by atoms with van der Waals surface area (Å²) in [5.41, 5.74) is 1.65. The van der Waals surface area contributed by atoms with Gasteiger partial charge in [0, 0.05) is 23.2 Å². The fraction of sp³-hybridized carbons (Fsp3) is 0.316. The average Bonchev–Trinajstić information content (AvgIpc) is 2.62. The van der Waals surface area contributed by atoms with Crippen molar-refractivity contribution in [2.24, 2.45) is 0 Å². The predicted octanol–water partition coefficient (Wildman–Crippen LogP) is 3.40. The Morgan fingerprint density at radius 3 is 2.83 bits per heavy atom. The van der Waals surface area contributed by atoms with Gasteiger partial charge >= 0.3 is 0 Å². The Morgan fingerprint density at radius 1 is 1.25 bits per heavy atom. The van der Waals surface area contributed by atoms with Crippen LogP contribution in [0.2, 0.25) is 5.02 Å². The van der Waals surface area contributed by atoms with Crippen molar-refractivity contribution in [3.63, 3.8) is 0 Å². The minimum atomic E-state index is -0.0550. The number of amides is 1. The van der Waals surface area contributed by atoms with Crippen LogP contribution in [0, 0.1) is 0 Å². The Hall–Kier alpha value is -2.04. The van der Waals surface area contributed by atoms with Gasteiger partial charge in [0.2, 0.25) is 0 Å². The summed E-state index contributed by atoms with van der Waals surface area (Å²) in [5, 5.41) is 7.07. The van der Waals surface area contributed by atoms with Gasteiger partial charge in [-0.05, 0) is 55.3 Å². The highest BCUT2D eigenvalue weighted by atomic mass is 35.5. The molecule has 1 heterocycles. The van der Waals surface area contributed by atoms with Crippen molar-refractivity contribution in [3.05, 3.63) is 64.7 Å². The molecule has 5 heteroatoms. The Kier molecular flexibility index (Phi) is 5.72. The standard InChI is InChI=1S/C19H21ClN2O2/c20-16-8-6-14(7-9-16)13-24-18-5-1-3-15(11-18)19(23)22-17-4-2-10-21-12-17/h1,3,5-9,11,17,21H,2,4,10,12-13H2,(H,22,23)/t17-/m0/s1. The van der Waals surface area contributed by atoms with E-state index in [0.29, 0.717) is 22.9 Å². The lowest BCUT2D eigenvalue weighted by Gasteiger charge is -2.23. The first kappa shape index (κ1) is 16.8. The maximum absolute atomic E-state index is 12.4. The summed E-state index contributed by atoms with van der Waals surface area (Å²) in [6, 6.07) is 15.0. The number of rotatable bonds is 5. The molecule has 2 N–H and O–H groups in total. The number of nitrogens with one attached hydrogen (secondary N) is 2. The molecule has 0 bridgehead atoms. The summed E-state index contributed by atoms with van der Waals surface area (Å²) in [6.07, 6.45) is 2.11. The molecular formula is C19H21ClN2O2. The van der Waals surface area contributed by atoms with Gasteiger partial charge in [-0.3, -0.25) is 4.79 Å². The summed E-state index contributed by atoms with van der Waals surface area (Å²) in [4.78, 5) is 12.4. The molecule has 4 nitrogen and oxygen atoms in total. The molecule has 126 valence electrons. The van der Waals surface area contributed by atoms with Crippen molar-refractivity contribution in [2.75, 3.05) is 13.1 Å². The van der Waals surface area contributed by atoms with E-state index >= 15 is 0 Å². The molecule has 2 aromatic carbocycles. The van der Waals surface area contributed by atoms with Crippen molar-refractivity contribution >= 4 is 17.5 Å². The molecule has 0 unspecified atom stereocenters. The van der Waals surface area contributed by atoms with Crippen LogP contribution >= 0.6 is 11.6 Å². The second-order valence-corrected chi connectivity index (χ2v) is 6.40. The minimum Gasteiger partial charge on any atom is -0.489 e. The smallest absolute Gasteiger partial charge is 0.251 e. The molecule has 0 radical (unpaired) electrons. The molecule has 1 saturated heterocycles. The van der Waals surface area contributed by atoms with Gasteiger partial charge in [-0.15, -0.1) is 0 Å². The molecule has 24 heavy (non-hydrogen) atoms. The lowest BCUT2D eigenvalue weighted by Crippen LogP contribution is -2.45. The van der Waals surface area contributed by atoms with Gasteiger partial charge in [-0.25, -0.2) is 0 Å². The zero-order valence-electron chi connectivity index (χ0n) is 13.4. The van der Waals surface area contributed by atoms with Gasteiger partial charge in [-0.2, -0.15) is 0 Å². The van der Waals surface area contributed by atoms with Crippen LogP contribution in [-0.4, -0.2) is 25.0 Å². The second kappa shape index (κ2) is 8.18. The van der Waals surface area contributed by atoms with Crippen LogP contribution in [0.15, 0.2) is 48.5 Å². The fourth-order valence-electron chi connectivity index (χ4n) is 2.72. The van der Waals surface area contributed by atoms with Crippen molar-refractivity contribution < 1.29 is 9.53 Å². The van der Waals surface area contributed by atoms with Crippen LogP contribution in [0.4, 0.5) is 0 Å². The van der Waals surface area contributed by atoms with Crippen molar-refractivity contribution in [1.82, 2.24) is 10.6 Å². The highest BCUT2D eigenvalue weighted by Gasteiger charge is 2.16. The maximum atomic E-state index is 12.4. The summed E-state index contributed by atoms with van der Waals surface area (Å²) >= 11 is 5.87. The topological polar surface area (TPSA) is 50.4 Å². The highest BCUT2D eigenvalue weighted by molar-refractivity contribution is 6.30. The molecule has 1 atom stereocenters. The zero-order chi connectivity index (χ0) is 16.8. The molecule has 0 saturated carbocycles. The van der Waals surface area contributed by atoms with Crippen molar-refractivity contribution in [3.8, 4) is 5.75 Å². The first-order chi connectivity index (χ1) is 11.7. The third-order valence-corrected chi connectivity index (χ3v) is 4.30. The van der Waals surface area contributed by atoms with Crippen LogP contribution < -0.4 is 15.4 Å². The third kappa shape index (κ3) is 4.73. The maximum Gasteiger partial charge on any atom is 0.251 e. The number of carbonyl (C=O) groups is 1. The Bertz CT molecular complexity index is 682. The largest absolute Gasteiger partial charge is 0.489 e. The number of halogens is 1. The zero-order valence-corrected chi connectivity index (χ0v) is 14.2. The second-order valence-electron chi connectivity index (χ2n) is 5.96. The van der Waals surface area contributed by atoms with Crippen molar-refractivity contribution in [2.45, 2.75) is 25.5 Å². The number of piperidine rings is 1. The number of benzene rings is 2. The molecule has 1 amide bonds. The van der Waals surface area contributed by atoms with E-state index < -0.39 is 0 Å². The monoisotopic (exact) mass is 344 g/mol. The van der Waals surface area contributed by atoms with Crippen molar-refractivity contribution in [1.29, 1.82) is 0 Å². The number of hydrogen-bond donors (Lipinski definition) is 2. The van der Waals surface area contributed by atoms with Gasteiger partial charge in [0.15, 0.2) is 0 Å². The summed E-state index contributed by atoms with van der Waals surface area (Å²) < 4.78 is 5.78. The molecule has 2 aromatic rings. The predicted molar refractivity (Wildman–Crippen MR) is 95.6 cm³/mol. The van der Waals surface area contributed by atoms with Crippen LogP contribution in [-0.2, 0) is 6.61 Å². The average molecular weight is 345 g/mol. The van der Waals surface area contributed by atoms with Gasteiger partial charge < -0.3 is 15.4 Å². The third-order valence-electron chi connectivity index (χ3n) is 4.05. The molecule has 0 spiro atoms. The molecule has 0 aromatic heterocycles. The van der Waals surface area contributed by atoms with E-state index in [0.717, 1.165) is 31.5 Å². The molecule has 0 aliphatic carbocycles. The summed E-state index contributed by atoms with van der Waals surface area (Å²) in [7, 11) is 0. The van der Waals surface area contributed by atoms with E-state index in [1.54, 1.807) is 12.1 Å². The first-order valence-electron chi connectivity index (χ1n) is 8.19. The van der Waals surface area contributed by atoms with Gasteiger partial charge in [0.25, 0.3) is 5.91 Å². The van der Waals surface area contributed by atoms with E-state index in [-0.39, 0.29) is 11.9 Å². The summed E-state index contributed by atoms with van der Waals surface area (Å²) in [5.74, 6) is 0.625. The van der Waals surface area contributed by atoms with E-state index in [2.05, 4.69) is 10.6 Å². The Morgan fingerprint density at radius 2 is 2.08 bits per heavy atom. The fourth-order valence-corrected chi connectivity index (χ4v) is 2.84. The quantitative estimate of drug-likeness (QED) is 0.874. The SMILES string of the molecule is O=C(N[C@H]1CCCNC1)c1cccc(OCc2ccc(Cl)cc2)c1. The summed E-state index contributed by atoms with van der Waals surface area (Å²) in [6.45, 7) is 2.30. The molecule has 3 rings (SSSR count). The minimum absolute atomic E-state index is 0.0550. The van der Waals surface area contributed by atoms with E-state index in [1.165, 1.54) is 0 Å². The van der Waals surface area contributed by atoms with Crippen LogP contribution in [0.25, 0.3) is 0 Å². The Labute approximate surface area is 147 Å². The molecule has 1 fully saturated rings. The van der Waals surface area contributed by atoms with Gasteiger partial charge in [-0.1, -0.05) is 29.8 Å². The van der Waals surface area contributed by atoms with E-state index in [9.17, 15) is 4.79 Å². The number of hydrogen-bond acceptors (Lipinski definition) is 3. The van der Waals surface area contributed by atoms with E-state index in [4.69, 9.17) is 16.3 Å². The van der Waals surface area contributed by atoms with Gasteiger partial charge in [0.05, 0.1) is 0 Å². The van der Waals surface area contributed by atoms with E-state index in [1.807, 2.05) is 36.4 Å². The molecule has 1 aliphatic rings. The lowest BCUT2D eigenvalue weighted by atomic mass is 10.1. The van der Waals surface area contributed by atoms with Crippen LogP contribution in [0.3, 0.4) is 0 Å². The number of carbonyl (C=O) groups excluding carboxylic acids is 1. The molecular weight excluding hydrogens is 324 g/mol. The van der Waals surface area contributed by atoms with Gasteiger partial charge in [0.1, 0.15) is 12.4 Å². The first-order valence-corrected chi connectivity index (χ1v) is 8.57.